The summed E-state index contributed by atoms with van der Waals surface area (Å²) in [6.07, 6.45) is -0.353. The lowest BCUT2D eigenvalue weighted by Gasteiger charge is -2.23. The second-order valence-electron chi connectivity index (χ2n) is 8.01. The first kappa shape index (κ1) is 21.0. The van der Waals surface area contributed by atoms with E-state index in [1.807, 2.05) is 19.1 Å². The van der Waals surface area contributed by atoms with Crippen LogP contribution in [0.25, 0.3) is 0 Å². The molecule has 33 heavy (non-hydrogen) atoms. The number of hydrogen-bond acceptors (Lipinski definition) is 6. The highest BCUT2D eigenvalue weighted by Crippen LogP contribution is 2.44. The predicted molar refractivity (Wildman–Crippen MR) is 121 cm³/mol. The van der Waals surface area contributed by atoms with Crippen molar-refractivity contribution in [1.82, 2.24) is 0 Å². The molecule has 0 aromatic heterocycles. The van der Waals surface area contributed by atoms with Crippen molar-refractivity contribution in [3.63, 3.8) is 0 Å². The number of ether oxygens (including phenoxy) is 3. The SMILES string of the molecule is CCOc1ccc(C(=O)C[C@@]2(O)C(=O)N(Cc3ccc4c(c3)OCO4)c3ccccc32)cc1. The largest absolute Gasteiger partial charge is 0.494 e. The van der Waals surface area contributed by atoms with E-state index in [9.17, 15) is 14.7 Å². The number of ketones is 1. The second-order valence-corrected chi connectivity index (χ2v) is 8.01. The van der Waals surface area contributed by atoms with Gasteiger partial charge in [0.1, 0.15) is 5.75 Å². The monoisotopic (exact) mass is 445 g/mol. The fourth-order valence-corrected chi connectivity index (χ4v) is 4.29. The smallest absolute Gasteiger partial charge is 0.264 e. The van der Waals surface area contributed by atoms with Crippen LogP contribution >= 0.6 is 0 Å². The van der Waals surface area contributed by atoms with Crippen LogP contribution in [0.2, 0.25) is 0 Å². The Balaban J connectivity index is 1.42. The van der Waals surface area contributed by atoms with Crippen LogP contribution in [0.5, 0.6) is 17.2 Å². The Morgan fingerprint density at radius 1 is 1.06 bits per heavy atom. The van der Waals surface area contributed by atoms with Crippen LogP contribution in [-0.2, 0) is 16.9 Å². The number of hydrogen-bond donors (Lipinski definition) is 1. The Hall–Kier alpha value is -3.84. The van der Waals surface area contributed by atoms with Gasteiger partial charge >= 0.3 is 0 Å². The quantitative estimate of drug-likeness (QED) is 0.557. The van der Waals surface area contributed by atoms with Crippen LogP contribution in [0.15, 0.2) is 66.7 Å². The first-order valence-corrected chi connectivity index (χ1v) is 10.8. The van der Waals surface area contributed by atoms with Crippen molar-refractivity contribution < 1.29 is 28.9 Å². The number of para-hydroxylation sites is 1. The summed E-state index contributed by atoms with van der Waals surface area (Å²) in [4.78, 5) is 28.0. The van der Waals surface area contributed by atoms with E-state index in [2.05, 4.69) is 0 Å². The van der Waals surface area contributed by atoms with Crippen LogP contribution in [-0.4, -0.2) is 30.2 Å². The van der Waals surface area contributed by atoms with Gasteiger partial charge in [0.05, 0.1) is 25.3 Å². The van der Waals surface area contributed by atoms with E-state index in [-0.39, 0.29) is 25.5 Å². The molecule has 3 aromatic carbocycles. The number of amides is 1. The van der Waals surface area contributed by atoms with Crippen molar-refractivity contribution in [3.05, 3.63) is 83.4 Å². The zero-order valence-electron chi connectivity index (χ0n) is 18.1. The second kappa shape index (κ2) is 8.26. The Kier molecular flexibility index (Phi) is 5.26. The number of anilines is 1. The topological polar surface area (TPSA) is 85.3 Å². The number of carbonyl (C=O) groups excluding carboxylic acids is 2. The zero-order valence-corrected chi connectivity index (χ0v) is 18.1. The highest BCUT2D eigenvalue weighted by molar-refractivity contribution is 6.10. The van der Waals surface area contributed by atoms with Gasteiger partial charge in [0.15, 0.2) is 22.9 Å². The molecule has 0 fully saturated rings. The van der Waals surface area contributed by atoms with Gasteiger partial charge in [0.2, 0.25) is 6.79 Å². The normalized spacial score (nSPS) is 18.4. The number of carbonyl (C=O) groups is 2. The maximum Gasteiger partial charge on any atom is 0.264 e. The number of Topliss-reactive ketones (excluding diaryl/α,β-unsaturated/α-hetero) is 1. The summed E-state index contributed by atoms with van der Waals surface area (Å²) >= 11 is 0. The molecule has 168 valence electrons. The van der Waals surface area contributed by atoms with Gasteiger partial charge in [-0.25, -0.2) is 0 Å². The van der Waals surface area contributed by atoms with Crippen LogP contribution in [0.3, 0.4) is 0 Å². The third-order valence-electron chi connectivity index (χ3n) is 5.92. The molecule has 1 atom stereocenters. The highest BCUT2D eigenvalue weighted by atomic mass is 16.7. The molecule has 1 amide bonds. The molecule has 0 aliphatic carbocycles. The first-order valence-electron chi connectivity index (χ1n) is 10.8. The molecule has 2 heterocycles. The van der Waals surface area contributed by atoms with Gasteiger partial charge in [-0.3, -0.25) is 9.59 Å². The number of benzene rings is 3. The van der Waals surface area contributed by atoms with E-state index in [1.165, 1.54) is 4.90 Å². The molecule has 0 radical (unpaired) electrons. The third-order valence-corrected chi connectivity index (χ3v) is 5.92. The molecule has 3 aromatic rings. The lowest BCUT2D eigenvalue weighted by Crippen LogP contribution is -2.41. The number of fused-ring (bicyclic) bond motifs is 2. The van der Waals surface area contributed by atoms with Crippen molar-refractivity contribution in [2.24, 2.45) is 0 Å². The number of nitrogens with zero attached hydrogens (tertiary/aromatic N) is 1. The Labute approximate surface area is 191 Å². The lowest BCUT2D eigenvalue weighted by atomic mass is 9.88. The minimum absolute atomic E-state index is 0.164. The van der Waals surface area contributed by atoms with E-state index in [0.717, 1.165) is 5.56 Å². The molecular weight excluding hydrogens is 422 g/mol. The maximum absolute atomic E-state index is 13.5. The van der Waals surface area contributed by atoms with Gasteiger partial charge in [-0.2, -0.15) is 0 Å². The fraction of sp³-hybridized carbons (Fsp3) is 0.231. The summed E-state index contributed by atoms with van der Waals surface area (Å²) in [5.41, 5.74) is 0.302. The summed E-state index contributed by atoms with van der Waals surface area (Å²) in [6.45, 7) is 2.80. The van der Waals surface area contributed by atoms with Gasteiger partial charge in [-0.15, -0.1) is 0 Å². The molecule has 0 saturated heterocycles. The highest BCUT2D eigenvalue weighted by Gasteiger charge is 2.50. The average molecular weight is 445 g/mol. The van der Waals surface area contributed by atoms with Crippen molar-refractivity contribution >= 4 is 17.4 Å². The van der Waals surface area contributed by atoms with Gasteiger partial charge in [0, 0.05) is 11.1 Å². The number of aliphatic hydroxyl groups is 1. The van der Waals surface area contributed by atoms with E-state index in [1.54, 1.807) is 54.6 Å². The van der Waals surface area contributed by atoms with E-state index >= 15 is 0 Å². The third kappa shape index (κ3) is 3.70. The van der Waals surface area contributed by atoms with E-state index in [0.29, 0.717) is 40.7 Å². The van der Waals surface area contributed by atoms with Crippen LogP contribution in [0, 0.1) is 0 Å². The minimum Gasteiger partial charge on any atom is -0.494 e. The lowest BCUT2D eigenvalue weighted by molar-refractivity contribution is -0.136. The number of rotatable bonds is 7. The summed E-state index contributed by atoms with van der Waals surface area (Å²) in [5.74, 6) is 1.08. The molecule has 1 N–H and O–H groups in total. The molecule has 5 rings (SSSR count). The molecular formula is C26H23NO6. The molecule has 7 heteroatoms. The van der Waals surface area contributed by atoms with Crippen molar-refractivity contribution in [2.75, 3.05) is 18.3 Å². The van der Waals surface area contributed by atoms with Crippen molar-refractivity contribution in [2.45, 2.75) is 25.5 Å². The van der Waals surface area contributed by atoms with Crippen LogP contribution in [0.1, 0.15) is 34.8 Å². The summed E-state index contributed by atoms with van der Waals surface area (Å²) < 4.78 is 16.2. The average Bonchev–Trinajstić information content (AvgIpc) is 3.37. The molecule has 0 saturated carbocycles. The van der Waals surface area contributed by atoms with Gasteiger partial charge in [0.25, 0.3) is 5.91 Å². The Morgan fingerprint density at radius 3 is 2.61 bits per heavy atom. The van der Waals surface area contributed by atoms with Gasteiger partial charge < -0.3 is 24.2 Å². The van der Waals surface area contributed by atoms with Gasteiger partial charge in [-0.1, -0.05) is 24.3 Å². The fourth-order valence-electron chi connectivity index (χ4n) is 4.29. The first-order chi connectivity index (χ1) is 16.0. The standard InChI is InChI=1S/C26H23NO6/c1-2-31-19-10-8-18(9-11-19)22(28)14-26(30)20-5-3-4-6-21(20)27(25(26)29)15-17-7-12-23-24(13-17)33-16-32-23/h3-13,30H,2,14-16H2,1H3/t26-/m0/s1. The van der Waals surface area contributed by atoms with E-state index < -0.39 is 11.5 Å². The molecule has 2 aliphatic heterocycles. The summed E-state index contributed by atoms with van der Waals surface area (Å²) in [6, 6.07) is 19.2. The van der Waals surface area contributed by atoms with Crippen molar-refractivity contribution in [3.8, 4) is 17.2 Å². The maximum atomic E-state index is 13.5. The molecule has 0 unspecified atom stereocenters. The molecule has 2 aliphatic rings. The van der Waals surface area contributed by atoms with E-state index in [4.69, 9.17) is 14.2 Å². The molecule has 7 nitrogen and oxygen atoms in total. The zero-order chi connectivity index (χ0) is 23.0. The minimum atomic E-state index is -1.94. The van der Waals surface area contributed by atoms with Gasteiger partial charge in [-0.05, 0) is 55.0 Å². The summed E-state index contributed by atoms with van der Waals surface area (Å²) in [7, 11) is 0. The van der Waals surface area contributed by atoms with Crippen LogP contribution < -0.4 is 19.1 Å². The predicted octanol–water partition coefficient (Wildman–Crippen LogP) is 3.82. The summed E-state index contributed by atoms with van der Waals surface area (Å²) in [5, 5.41) is 11.5. The molecule has 0 spiro atoms. The Morgan fingerprint density at radius 2 is 1.82 bits per heavy atom. The van der Waals surface area contributed by atoms with Crippen molar-refractivity contribution in [1.29, 1.82) is 0 Å². The molecule has 0 bridgehead atoms. The van der Waals surface area contributed by atoms with Crippen LogP contribution in [0.4, 0.5) is 5.69 Å². The Bertz CT molecular complexity index is 1220.